The van der Waals surface area contributed by atoms with Gasteiger partial charge in [-0.05, 0) is 50.6 Å². The van der Waals surface area contributed by atoms with Gasteiger partial charge >= 0.3 is 0 Å². The van der Waals surface area contributed by atoms with Crippen LogP contribution in [0.4, 0.5) is 0 Å². The molecule has 2 rings (SSSR count). The van der Waals surface area contributed by atoms with Crippen molar-refractivity contribution in [2.75, 3.05) is 13.1 Å². The summed E-state index contributed by atoms with van der Waals surface area (Å²) in [6.45, 7) is 8.70. The molecule has 1 saturated heterocycles. The standard InChI is InChI=1S/C15H28N2O/c1-14(2)6-4-5-12(11-14)17-13(18)15(3)7-9-16-10-8-15/h12,16H,4-11H2,1-3H3,(H,17,18). The average molecular weight is 252 g/mol. The Morgan fingerprint density at radius 3 is 2.44 bits per heavy atom. The second kappa shape index (κ2) is 5.20. The molecule has 0 aromatic heterocycles. The normalized spacial score (nSPS) is 30.7. The van der Waals surface area contributed by atoms with Crippen LogP contribution in [-0.2, 0) is 4.79 Å². The molecule has 2 aliphatic rings. The Hall–Kier alpha value is -0.570. The molecule has 18 heavy (non-hydrogen) atoms. The topological polar surface area (TPSA) is 41.1 Å². The van der Waals surface area contributed by atoms with E-state index < -0.39 is 0 Å². The van der Waals surface area contributed by atoms with E-state index in [2.05, 4.69) is 31.4 Å². The van der Waals surface area contributed by atoms with E-state index in [9.17, 15) is 4.79 Å². The van der Waals surface area contributed by atoms with E-state index in [1.165, 1.54) is 12.8 Å². The zero-order valence-corrected chi connectivity index (χ0v) is 12.1. The largest absolute Gasteiger partial charge is 0.353 e. The van der Waals surface area contributed by atoms with Gasteiger partial charge in [0.2, 0.25) is 5.91 Å². The number of carbonyl (C=O) groups excluding carboxylic acids is 1. The number of piperidine rings is 1. The van der Waals surface area contributed by atoms with Gasteiger partial charge in [0.1, 0.15) is 0 Å². The minimum absolute atomic E-state index is 0.146. The van der Waals surface area contributed by atoms with Gasteiger partial charge in [-0.1, -0.05) is 27.2 Å². The van der Waals surface area contributed by atoms with E-state index in [0.29, 0.717) is 11.5 Å². The highest BCUT2D eigenvalue weighted by Gasteiger charge is 2.37. The summed E-state index contributed by atoms with van der Waals surface area (Å²) < 4.78 is 0. The summed E-state index contributed by atoms with van der Waals surface area (Å²) in [6.07, 6.45) is 6.76. The van der Waals surface area contributed by atoms with E-state index in [4.69, 9.17) is 0 Å². The molecule has 0 aromatic carbocycles. The first kappa shape index (κ1) is 13.9. The van der Waals surface area contributed by atoms with Gasteiger partial charge in [0, 0.05) is 11.5 Å². The van der Waals surface area contributed by atoms with E-state index in [1.54, 1.807) is 0 Å². The predicted molar refractivity (Wildman–Crippen MR) is 74.4 cm³/mol. The molecular formula is C15H28N2O. The van der Waals surface area contributed by atoms with Gasteiger partial charge in [0.25, 0.3) is 0 Å². The van der Waals surface area contributed by atoms with Crippen LogP contribution < -0.4 is 10.6 Å². The maximum Gasteiger partial charge on any atom is 0.226 e. The lowest BCUT2D eigenvalue weighted by atomic mass is 9.74. The molecule has 1 amide bonds. The monoisotopic (exact) mass is 252 g/mol. The van der Waals surface area contributed by atoms with Crippen molar-refractivity contribution in [1.29, 1.82) is 0 Å². The molecule has 0 aromatic rings. The first-order valence-corrected chi connectivity index (χ1v) is 7.43. The Bertz CT molecular complexity index is 306. The van der Waals surface area contributed by atoms with Crippen LogP contribution in [0.15, 0.2) is 0 Å². The number of carbonyl (C=O) groups is 1. The van der Waals surface area contributed by atoms with Gasteiger partial charge in [-0.25, -0.2) is 0 Å². The fraction of sp³-hybridized carbons (Fsp3) is 0.933. The highest BCUT2D eigenvalue weighted by atomic mass is 16.2. The van der Waals surface area contributed by atoms with Crippen LogP contribution in [0.25, 0.3) is 0 Å². The number of hydrogen-bond acceptors (Lipinski definition) is 2. The molecule has 1 aliphatic heterocycles. The SMILES string of the molecule is CC1(C)CCCC(NC(=O)C2(C)CCNCC2)C1. The van der Waals surface area contributed by atoms with E-state index >= 15 is 0 Å². The number of amides is 1. The van der Waals surface area contributed by atoms with Crippen LogP contribution in [0.3, 0.4) is 0 Å². The van der Waals surface area contributed by atoms with Crippen molar-refractivity contribution in [2.24, 2.45) is 10.8 Å². The summed E-state index contributed by atoms with van der Waals surface area (Å²) in [7, 11) is 0. The molecule has 2 N–H and O–H groups in total. The lowest BCUT2D eigenvalue weighted by Crippen LogP contribution is -2.50. The highest BCUT2D eigenvalue weighted by molar-refractivity contribution is 5.82. The molecule has 0 bridgehead atoms. The van der Waals surface area contributed by atoms with Crippen molar-refractivity contribution in [2.45, 2.75) is 65.3 Å². The Labute approximate surface area is 111 Å². The highest BCUT2D eigenvalue weighted by Crippen LogP contribution is 2.36. The first-order valence-electron chi connectivity index (χ1n) is 7.43. The molecule has 104 valence electrons. The van der Waals surface area contributed by atoms with Gasteiger partial charge in [-0.2, -0.15) is 0 Å². The van der Waals surface area contributed by atoms with Crippen LogP contribution in [0.1, 0.15) is 59.3 Å². The van der Waals surface area contributed by atoms with Crippen molar-refractivity contribution in [3.63, 3.8) is 0 Å². The number of rotatable bonds is 2. The summed E-state index contributed by atoms with van der Waals surface area (Å²) in [5.41, 5.74) is 0.248. The first-order chi connectivity index (χ1) is 8.41. The van der Waals surface area contributed by atoms with Crippen molar-refractivity contribution in [3.05, 3.63) is 0 Å². The molecule has 1 aliphatic carbocycles. The molecule has 1 unspecified atom stereocenters. The molecule has 3 nitrogen and oxygen atoms in total. The van der Waals surface area contributed by atoms with Gasteiger partial charge in [0.05, 0.1) is 0 Å². The molecule has 0 radical (unpaired) electrons. The minimum atomic E-state index is -0.146. The van der Waals surface area contributed by atoms with Crippen molar-refractivity contribution in [1.82, 2.24) is 10.6 Å². The van der Waals surface area contributed by atoms with Crippen molar-refractivity contribution < 1.29 is 4.79 Å². The lowest BCUT2D eigenvalue weighted by molar-refractivity contribution is -0.132. The summed E-state index contributed by atoms with van der Waals surface area (Å²) in [5.74, 6) is 0.284. The second-order valence-electron chi connectivity index (χ2n) is 7.24. The molecule has 3 heteroatoms. The third kappa shape index (κ3) is 3.25. The lowest BCUT2D eigenvalue weighted by Gasteiger charge is -2.39. The predicted octanol–water partition coefficient (Wildman–Crippen LogP) is 2.46. The molecule has 2 fully saturated rings. The van der Waals surface area contributed by atoms with Crippen LogP contribution >= 0.6 is 0 Å². The maximum absolute atomic E-state index is 12.5. The van der Waals surface area contributed by atoms with Crippen LogP contribution in [-0.4, -0.2) is 25.0 Å². The third-order valence-corrected chi connectivity index (χ3v) is 4.80. The fourth-order valence-electron chi connectivity index (χ4n) is 3.39. The summed E-state index contributed by atoms with van der Waals surface area (Å²) in [4.78, 5) is 12.5. The zero-order valence-electron chi connectivity index (χ0n) is 12.1. The van der Waals surface area contributed by atoms with Crippen molar-refractivity contribution >= 4 is 5.91 Å². The molecule has 0 spiro atoms. The van der Waals surface area contributed by atoms with Gasteiger partial charge < -0.3 is 10.6 Å². The van der Waals surface area contributed by atoms with Gasteiger partial charge in [-0.3, -0.25) is 4.79 Å². The molecular weight excluding hydrogens is 224 g/mol. The summed E-state index contributed by atoms with van der Waals surface area (Å²) in [5, 5.41) is 6.65. The number of nitrogens with one attached hydrogen (secondary N) is 2. The van der Waals surface area contributed by atoms with E-state index in [0.717, 1.165) is 38.8 Å². The Morgan fingerprint density at radius 1 is 1.17 bits per heavy atom. The second-order valence-corrected chi connectivity index (χ2v) is 7.24. The van der Waals surface area contributed by atoms with Crippen LogP contribution in [0.5, 0.6) is 0 Å². The van der Waals surface area contributed by atoms with Crippen LogP contribution in [0, 0.1) is 10.8 Å². The number of hydrogen-bond donors (Lipinski definition) is 2. The van der Waals surface area contributed by atoms with Gasteiger partial charge in [0.15, 0.2) is 0 Å². The minimum Gasteiger partial charge on any atom is -0.353 e. The van der Waals surface area contributed by atoms with Crippen molar-refractivity contribution in [3.8, 4) is 0 Å². The third-order valence-electron chi connectivity index (χ3n) is 4.80. The zero-order chi connectivity index (χ0) is 13.2. The van der Waals surface area contributed by atoms with E-state index in [1.807, 2.05) is 0 Å². The van der Waals surface area contributed by atoms with Crippen LogP contribution in [0.2, 0.25) is 0 Å². The Morgan fingerprint density at radius 2 is 1.83 bits per heavy atom. The molecule has 1 saturated carbocycles. The fourth-order valence-corrected chi connectivity index (χ4v) is 3.39. The smallest absolute Gasteiger partial charge is 0.226 e. The maximum atomic E-state index is 12.5. The van der Waals surface area contributed by atoms with E-state index in [-0.39, 0.29) is 11.3 Å². The summed E-state index contributed by atoms with van der Waals surface area (Å²) >= 11 is 0. The molecule has 1 atom stereocenters. The summed E-state index contributed by atoms with van der Waals surface area (Å²) in [6, 6.07) is 0.396. The van der Waals surface area contributed by atoms with Gasteiger partial charge in [-0.15, -0.1) is 0 Å². The molecule has 1 heterocycles. The average Bonchev–Trinajstić information content (AvgIpc) is 2.28. The Balaban J connectivity index is 1.90. The Kier molecular flexibility index (Phi) is 4.00. The quantitative estimate of drug-likeness (QED) is 0.792.